The Balaban J connectivity index is 1.93. The van der Waals surface area contributed by atoms with Gasteiger partial charge in [0.05, 0.1) is 6.10 Å². The van der Waals surface area contributed by atoms with E-state index in [1.807, 2.05) is 42.5 Å². The van der Waals surface area contributed by atoms with E-state index < -0.39 is 0 Å². The van der Waals surface area contributed by atoms with Gasteiger partial charge < -0.3 is 5.11 Å². The molecule has 2 aromatic rings. The number of hydrogen-bond acceptors (Lipinski definition) is 2. The lowest BCUT2D eigenvalue weighted by molar-refractivity contribution is 0.174. The molecule has 0 fully saturated rings. The molecule has 0 aliphatic heterocycles. The van der Waals surface area contributed by atoms with Gasteiger partial charge >= 0.3 is 0 Å². The molecule has 0 saturated carbocycles. The number of halogens is 1. The molecule has 0 radical (unpaired) electrons. The van der Waals surface area contributed by atoms with Crippen LogP contribution in [0.5, 0.6) is 0 Å². The highest BCUT2D eigenvalue weighted by molar-refractivity contribution is 9.10. The van der Waals surface area contributed by atoms with E-state index in [1.54, 1.807) is 6.20 Å². The summed E-state index contributed by atoms with van der Waals surface area (Å²) >= 11 is 3.34. The molecule has 3 heteroatoms. The van der Waals surface area contributed by atoms with Gasteiger partial charge in [-0.25, -0.2) is 0 Å². The third kappa shape index (κ3) is 3.95. The van der Waals surface area contributed by atoms with E-state index in [0.717, 1.165) is 15.7 Å². The van der Waals surface area contributed by atoms with E-state index in [0.29, 0.717) is 12.8 Å². The third-order valence-corrected chi connectivity index (χ3v) is 3.02. The highest BCUT2D eigenvalue weighted by atomic mass is 79.9. The first-order chi connectivity index (χ1) is 8.24. The summed E-state index contributed by atoms with van der Waals surface area (Å²) < 4.78 is 0.957. The average molecular weight is 292 g/mol. The first-order valence-corrected chi connectivity index (χ1v) is 6.36. The van der Waals surface area contributed by atoms with E-state index in [9.17, 15) is 5.11 Å². The van der Waals surface area contributed by atoms with Crippen molar-refractivity contribution in [2.24, 2.45) is 0 Å². The largest absolute Gasteiger partial charge is 0.392 e. The number of aromatic nitrogens is 1. The number of benzene rings is 1. The van der Waals surface area contributed by atoms with Crippen LogP contribution in [-0.2, 0) is 12.8 Å². The Labute approximate surface area is 109 Å². The predicted octanol–water partition coefficient (Wildman–Crippen LogP) is 2.99. The smallest absolute Gasteiger partial charge is 0.0635 e. The Hall–Kier alpha value is -1.19. The number of aliphatic hydroxyl groups is 1. The molecular formula is C14H14BrNO. The molecule has 0 aliphatic rings. The number of pyridine rings is 1. The van der Waals surface area contributed by atoms with Crippen LogP contribution in [0.15, 0.2) is 53.1 Å². The summed E-state index contributed by atoms with van der Waals surface area (Å²) in [6, 6.07) is 13.9. The van der Waals surface area contributed by atoms with Gasteiger partial charge in [0.25, 0.3) is 0 Å². The minimum absolute atomic E-state index is 0.383. The molecule has 1 unspecified atom stereocenters. The van der Waals surface area contributed by atoms with Crippen molar-refractivity contribution >= 4 is 15.9 Å². The molecule has 2 rings (SSSR count). The molecule has 1 heterocycles. The summed E-state index contributed by atoms with van der Waals surface area (Å²) in [5.41, 5.74) is 2.06. The molecule has 88 valence electrons. The first kappa shape index (κ1) is 12.3. The Kier molecular flexibility index (Phi) is 4.29. The van der Waals surface area contributed by atoms with Crippen molar-refractivity contribution in [3.8, 4) is 0 Å². The Morgan fingerprint density at radius 3 is 2.47 bits per heavy atom. The Morgan fingerprint density at radius 2 is 1.82 bits per heavy atom. The van der Waals surface area contributed by atoms with E-state index >= 15 is 0 Å². The monoisotopic (exact) mass is 291 g/mol. The number of rotatable bonds is 4. The summed E-state index contributed by atoms with van der Waals surface area (Å²) in [5.74, 6) is 0. The summed E-state index contributed by atoms with van der Waals surface area (Å²) in [6.07, 6.45) is 2.62. The lowest BCUT2D eigenvalue weighted by Gasteiger charge is -2.10. The topological polar surface area (TPSA) is 33.1 Å². The summed E-state index contributed by atoms with van der Waals surface area (Å²) in [5, 5.41) is 9.97. The normalized spacial score (nSPS) is 12.4. The van der Waals surface area contributed by atoms with E-state index in [2.05, 4.69) is 20.9 Å². The SMILES string of the molecule is OC(Cc1ccccc1)Cc1ccc(Br)cn1. The Bertz CT molecular complexity index is 455. The van der Waals surface area contributed by atoms with Gasteiger partial charge in [-0.15, -0.1) is 0 Å². The van der Waals surface area contributed by atoms with Gasteiger partial charge in [0.2, 0.25) is 0 Å². The molecule has 2 nitrogen and oxygen atoms in total. The fourth-order valence-electron chi connectivity index (χ4n) is 1.73. The fourth-order valence-corrected chi connectivity index (χ4v) is 1.96. The zero-order chi connectivity index (χ0) is 12.1. The van der Waals surface area contributed by atoms with Gasteiger partial charge in [-0.3, -0.25) is 4.98 Å². The lowest BCUT2D eigenvalue weighted by Crippen LogP contribution is -2.14. The van der Waals surface area contributed by atoms with Crippen molar-refractivity contribution < 1.29 is 5.11 Å². The fraction of sp³-hybridized carbons (Fsp3) is 0.214. The molecular weight excluding hydrogens is 278 g/mol. The second-order valence-electron chi connectivity index (χ2n) is 4.02. The average Bonchev–Trinajstić information content (AvgIpc) is 2.33. The summed E-state index contributed by atoms with van der Waals surface area (Å²) in [4.78, 5) is 4.25. The lowest BCUT2D eigenvalue weighted by atomic mass is 10.0. The van der Waals surface area contributed by atoms with Crippen LogP contribution in [0.2, 0.25) is 0 Å². The number of aliphatic hydroxyl groups excluding tert-OH is 1. The van der Waals surface area contributed by atoms with Crippen molar-refractivity contribution in [3.63, 3.8) is 0 Å². The summed E-state index contributed by atoms with van der Waals surface area (Å²) in [6.45, 7) is 0. The highest BCUT2D eigenvalue weighted by Crippen LogP contribution is 2.11. The standard InChI is InChI=1S/C14H14BrNO/c15-12-6-7-13(16-10-12)9-14(17)8-11-4-2-1-3-5-11/h1-7,10,14,17H,8-9H2. The van der Waals surface area contributed by atoms with Crippen LogP contribution in [0.1, 0.15) is 11.3 Å². The molecule has 0 spiro atoms. The van der Waals surface area contributed by atoms with E-state index in [1.165, 1.54) is 0 Å². The van der Waals surface area contributed by atoms with Crippen LogP contribution in [0.25, 0.3) is 0 Å². The third-order valence-electron chi connectivity index (χ3n) is 2.55. The molecule has 0 aliphatic carbocycles. The molecule has 1 atom stereocenters. The zero-order valence-corrected chi connectivity index (χ0v) is 11.0. The molecule has 17 heavy (non-hydrogen) atoms. The van der Waals surface area contributed by atoms with Crippen molar-refractivity contribution in [1.82, 2.24) is 4.98 Å². The second kappa shape index (κ2) is 5.94. The minimum atomic E-state index is -0.383. The quantitative estimate of drug-likeness (QED) is 0.939. The molecule has 1 N–H and O–H groups in total. The maximum Gasteiger partial charge on any atom is 0.0635 e. The second-order valence-corrected chi connectivity index (χ2v) is 4.93. The van der Waals surface area contributed by atoms with Crippen LogP contribution in [0.3, 0.4) is 0 Å². The van der Waals surface area contributed by atoms with Gasteiger partial charge in [-0.05, 0) is 40.0 Å². The van der Waals surface area contributed by atoms with Gasteiger partial charge in [0, 0.05) is 22.8 Å². The van der Waals surface area contributed by atoms with Gasteiger partial charge in [-0.1, -0.05) is 30.3 Å². The van der Waals surface area contributed by atoms with Gasteiger partial charge in [0.15, 0.2) is 0 Å². The van der Waals surface area contributed by atoms with Gasteiger partial charge in [0.1, 0.15) is 0 Å². The van der Waals surface area contributed by atoms with E-state index in [4.69, 9.17) is 0 Å². The van der Waals surface area contributed by atoms with Crippen LogP contribution in [0, 0.1) is 0 Å². The highest BCUT2D eigenvalue weighted by Gasteiger charge is 2.07. The number of nitrogens with zero attached hydrogens (tertiary/aromatic N) is 1. The Morgan fingerprint density at radius 1 is 1.06 bits per heavy atom. The molecule has 0 amide bonds. The summed E-state index contributed by atoms with van der Waals surface area (Å²) in [7, 11) is 0. The molecule has 0 saturated heterocycles. The number of hydrogen-bond donors (Lipinski definition) is 1. The first-order valence-electron chi connectivity index (χ1n) is 5.56. The van der Waals surface area contributed by atoms with Crippen LogP contribution in [0.4, 0.5) is 0 Å². The zero-order valence-electron chi connectivity index (χ0n) is 9.38. The minimum Gasteiger partial charge on any atom is -0.392 e. The van der Waals surface area contributed by atoms with Gasteiger partial charge in [-0.2, -0.15) is 0 Å². The van der Waals surface area contributed by atoms with Crippen molar-refractivity contribution in [2.45, 2.75) is 18.9 Å². The maximum atomic E-state index is 9.97. The molecule has 0 bridgehead atoms. The molecule has 1 aromatic carbocycles. The van der Waals surface area contributed by atoms with Crippen LogP contribution >= 0.6 is 15.9 Å². The van der Waals surface area contributed by atoms with Crippen molar-refractivity contribution in [2.75, 3.05) is 0 Å². The van der Waals surface area contributed by atoms with Crippen LogP contribution < -0.4 is 0 Å². The maximum absolute atomic E-state index is 9.97. The van der Waals surface area contributed by atoms with Crippen molar-refractivity contribution in [1.29, 1.82) is 0 Å². The van der Waals surface area contributed by atoms with E-state index in [-0.39, 0.29) is 6.10 Å². The predicted molar refractivity (Wildman–Crippen MR) is 71.8 cm³/mol. The molecule has 1 aromatic heterocycles. The van der Waals surface area contributed by atoms with Crippen LogP contribution in [-0.4, -0.2) is 16.2 Å². The van der Waals surface area contributed by atoms with Crippen molar-refractivity contribution in [3.05, 3.63) is 64.4 Å².